The van der Waals surface area contributed by atoms with Crippen molar-refractivity contribution < 1.29 is 9.53 Å². The summed E-state index contributed by atoms with van der Waals surface area (Å²) in [5.41, 5.74) is 11.7. The van der Waals surface area contributed by atoms with Crippen molar-refractivity contribution in [3.63, 3.8) is 0 Å². The van der Waals surface area contributed by atoms with Gasteiger partial charge in [-0.3, -0.25) is 4.79 Å². The number of para-hydroxylation sites is 1. The molecule has 0 N–H and O–H groups in total. The third kappa shape index (κ3) is 4.95. The SMILES string of the molecule is CO/C(C)=C(\C(C)=O)c1c(C)c(C)c(N(c2ccccc2)c2ccc(-c3ccccc3)cc2)c(C)c1C. The van der Waals surface area contributed by atoms with Crippen LogP contribution in [0.2, 0.25) is 0 Å². The van der Waals surface area contributed by atoms with Gasteiger partial charge in [0.2, 0.25) is 0 Å². The topological polar surface area (TPSA) is 29.5 Å². The molecule has 0 atom stereocenters. The predicted molar refractivity (Wildman–Crippen MR) is 156 cm³/mol. The van der Waals surface area contributed by atoms with Gasteiger partial charge in [-0.15, -0.1) is 0 Å². The van der Waals surface area contributed by atoms with Crippen molar-refractivity contribution in [1.82, 2.24) is 0 Å². The number of rotatable bonds is 7. The Kier molecular flexibility index (Phi) is 7.63. The molecular weight excluding hydrogens is 454 g/mol. The standard InChI is InChI=1S/C34H35NO2/c1-22-24(3)34(25(4)23(2)32(22)33(26(5)36)27(6)37-7)35(30-16-12-9-13-17-30)31-20-18-29(19-21-31)28-14-10-8-11-15-28/h8-21H,1-7H3/b33-27+. The van der Waals surface area contributed by atoms with Crippen LogP contribution in [0, 0.1) is 27.7 Å². The van der Waals surface area contributed by atoms with Gasteiger partial charge in [0.15, 0.2) is 5.78 Å². The van der Waals surface area contributed by atoms with Crippen molar-refractivity contribution in [1.29, 1.82) is 0 Å². The molecule has 0 aliphatic carbocycles. The molecule has 0 unspecified atom stereocenters. The van der Waals surface area contributed by atoms with E-state index in [9.17, 15) is 4.79 Å². The number of carbonyl (C=O) groups is 1. The summed E-state index contributed by atoms with van der Waals surface area (Å²) in [6, 6.07) is 29.6. The molecule has 4 rings (SSSR count). The summed E-state index contributed by atoms with van der Waals surface area (Å²) in [6.07, 6.45) is 0. The number of allylic oxidation sites excluding steroid dienone is 2. The van der Waals surface area contributed by atoms with Gasteiger partial charge in [-0.2, -0.15) is 0 Å². The van der Waals surface area contributed by atoms with E-state index >= 15 is 0 Å². The molecule has 0 radical (unpaired) electrons. The number of benzene rings is 4. The fourth-order valence-corrected chi connectivity index (χ4v) is 5.12. The zero-order valence-corrected chi connectivity index (χ0v) is 22.8. The summed E-state index contributed by atoms with van der Waals surface area (Å²) in [6.45, 7) is 12.0. The molecule has 0 saturated heterocycles. The Labute approximate surface area is 221 Å². The van der Waals surface area contributed by atoms with E-state index in [1.807, 2.05) is 19.1 Å². The second-order valence-electron chi connectivity index (χ2n) is 9.50. The zero-order valence-electron chi connectivity index (χ0n) is 22.8. The van der Waals surface area contributed by atoms with Gasteiger partial charge in [0.05, 0.1) is 18.4 Å². The minimum atomic E-state index is 0.00789. The Bertz CT molecular complexity index is 1420. The number of Topliss-reactive ketones (excluding diaryl/α,β-unsaturated/α-hetero) is 1. The first-order chi connectivity index (χ1) is 17.8. The molecule has 37 heavy (non-hydrogen) atoms. The molecule has 4 aromatic rings. The van der Waals surface area contributed by atoms with Gasteiger partial charge >= 0.3 is 0 Å². The maximum Gasteiger partial charge on any atom is 0.163 e. The molecule has 0 spiro atoms. The first kappa shape index (κ1) is 26.0. The van der Waals surface area contributed by atoms with Crippen molar-refractivity contribution in [3.8, 4) is 11.1 Å². The van der Waals surface area contributed by atoms with Gasteiger partial charge in [-0.05, 0) is 105 Å². The van der Waals surface area contributed by atoms with Crippen LogP contribution in [0.15, 0.2) is 90.7 Å². The zero-order chi connectivity index (χ0) is 26.7. The second-order valence-corrected chi connectivity index (χ2v) is 9.50. The number of hydrogen-bond acceptors (Lipinski definition) is 3. The highest BCUT2D eigenvalue weighted by atomic mass is 16.5. The maximum absolute atomic E-state index is 12.7. The summed E-state index contributed by atoms with van der Waals surface area (Å²) in [5, 5.41) is 0. The molecule has 0 heterocycles. The third-order valence-corrected chi connectivity index (χ3v) is 7.32. The van der Waals surface area contributed by atoms with Crippen LogP contribution in [0.1, 0.15) is 41.7 Å². The van der Waals surface area contributed by atoms with Gasteiger partial charge in [0, 0.05) is 11.4 Å². The van der Waals surface area contributed by atoms with Gasteiger partial charge < -0.3 is 9.64 Å². The Morgan fingerprint density at radius 1 is 0.622 bits per heavy atom. The molecular formula is C34H35NO2. The summed E-state index contributed by atoms with van der Waals surface area (Å²) >= 11 is 0. The molecule has 188 valence electrons. The Balaban J connectivity index is 1.95. The first-order valence-electron chi connectivity index (χ1n) is 12.6. The summed E-state index contributed by atoms with van der Waals surface area (Å²) in [5.74, 6) is 0.648. The Morgan fingerprint density at radius 2 is 1.08 bits per heavy atom. The van der Waals surface area contributed by atoms with Crippen molar-refractivity contribution in [2.24, 2.45) is 0 Å². The highest BCUT2D eigenvalue weighted by molar-refractivity contribution is 6.21. The van der Waals surface area contributed by atoms with E-state index < -0.39 is 0 Å². The monoisotopic (exact) mass is 489 g/mol. The van der Waals surface area contributed by atoms with E-state index in [1.54, 1.807) is 14.0 Å². The van der Waals surface area contributed by atoms with E-state index in [-0.39, 0.29) is 5.78 Å². The number of carbonyl (C=O) groups excluding carboxylic acids is 1. The van der Waals surface area contributed by atoms with Crippen LogP contribution in [0.25, 0.3) is 16.7 Å². The first-order valence-corrected chi connectivity index (χ1v) is 12.6. The lowest BCUT2D eigenvalue weighted by Gasteiger charge is -2.32. The van der Waals surface area contributed by atoms with Crippen molar-refractivity contribution in [2.75, 3.05) is 12.0 Å². The summed E-state index contributed by atoms with van der Waals surface area (Å²) in [7, 11) is 1.62. The second kappa shape index (κ2) is 10.9. The van der Waals surface area contributed by atoms with E-state index in [2.05, 4.69) is 105 Å². The predicted octanol–water partition coefficient (Wildman–Crippen LogP) is 9.02. The largest absolute Gasteiger partial charge is 0.501 e. The molecule has 0 aromatic heterocycles. The van der Waals surface area contributed by atoms with E-state index in [1.165, 1.54) is 11.1 Å². The van der Waals surface area contributed by atoms with Gasteiger partial charge in [-0.1, -0.05) is 60.7 Å². The molecule has 0 amide bonds. The van der Waals surface area contributed by atoms with Gasteiger partial charge in [-0.25, -0.2) is 0 Å². The Morgan fingerprint density at radius 3 is 1.57 bits per heavy atom. The smallest absolute Gasteiger partial charge is 0.163 e. The fraction of sp³-hybridized carbons (Fsp3) is 0.206. The van der Waals surface area contributed by atoms with Crippen LogP contribution < -0.4 is 4.90 Å². The van der Waals surface area contributed by atoms with Crippen LogP contribution in [0.3, 0.4) is 0 Å². The molecule has 0 aliphatic heterocycles. The summed E-state index contributed by atoms with van der Waals surface area (Å²) in [4.78, 5) is 15.1. The van der Waals surface area contributed by atoms with Crippen LogP contribution in [0.4, 0.5) is 17.1 Å². The quantitative estimate of drug-likeness (QED) is 0.192. The van der Waals surface area contributed by atoms with Crippen LogP contribution in [0.5, 0.6) is 0 Å². The van der Waals surface area contributed by atoms with Crippen molar-refractivity contribution >= 4 is 28.4 Å². The summed E-state index contributed by atoms with van der Waals surface area (Å²) < 4.78 is 5.53. The minimum Gasteiger partial charge on any atom is -0.501 e. The number of anilines is 3. The fourth-order valence-electron chi connectivity index (χ4n) is 5.12. The third-order valence-electron chi connectivity index (χ3n) is 7.32. The highest BCUT2D eigenvalue weighted by Gasteiger charge is 2.25. The molecule has 0 saturated carbocycles. The molecule has 3 nitrogen and oxygen atoms in total. The number of methoxy groups -OCH3 is 1. The van der Waals surface area contributed by atoms with Crippen molar-refractivity contribution in [2.45, 2.75) is 41.5 Å². The normalized spacial score (nSPS) is 11.6. The number of ketones is 1. The van der Waals surface area contributed by atoms with Crippen LogP contribution in [-0.2, 0) is 9.53 Å². The minimum absolute atomic E-state index is 0.00789. The lowest BCUT2D eigenvalue weighted by atomic mass is 9.85. The van der Waals surface area contributed by atoms with Crippen LogP contribution in [-0.4, -0.2) is 12.9 Å². The number of hydrogen-bond donors (Lipinski definition) is 0. The van der Waals surface area contributed by atoms with E-state index in [0.717, 1.165) is 44.9 Å². The molecule has 4 aromatic carbocycles. The lowest BCUT2D eigenvalue weighted by molar-refractivity contribution is -0.111. The maximum atomic E-state index is 12.7. The van der Waals surface area contributed by atoms with E-state index in [0.29, 0.717) is 11.3 Å². The molecule has 0 aliphatic rings. The molecule has 0 fully saturated rings. The average molecular weight is 490 g/mol. The molecule has 0 bridgehead atoms. The number of nitrogens with zero attached hydrogens (tertiary/aromatic N) is 1. The van der Waals surface area contributed by atoms with Crippen LogP contribution >= 0.6 is 0 Å². The average Bonchev–Trinajstić information content (AvgIpc) is 2.93. The number of ether oxygens (including phenoxy) is 1. The lowest BCUT2D eigenvalue weighted by Crippen LogP contribution is -2.16. The van der Waals surface area contributed by atoms with Gasteiger partial charge in [0.25, 0.3) is 0 Å². The highest BCUT2D eigenvalue weighted by Crippen LogP contribution is 2.44. The molecule has 3 heteroatoms. The van der Waals surface area contributed by atoms with E-state index in [4.69, 9.17) is 4.74 Å². The Hall–Kier alpha value is -4.11. The van der Waals surface area contributed by atoms with Crippen molar-refractivity contribution in [3.05, 3.63) is 119 Å². The van der Waals surface area contributed by atoms with Gasteiger partial charge in [0.1, 0.15) is 5.76 Å².